The van der Waals surface area contributed by atoms with Crippen LogP contribution in [0.5, 0.6) is 5.75 Å². The Hall–Kier alpha value is -1.23. The fourth-order valence-corrected chi connectivity index (χ4v) is 1.93. The van der Waals surface area contributed by atoms with Crippen molar-refractivity contribution in [3.05, 3.63) is 47.0 Å². The number of halogens is 2. The molecule has 1 N–H and O–H groups in total. The number of nitrogens with zero attached hydrogens (tertiary/aromatic N) is 2. The van der Waals surface area contributed by atoms with Crippen LogP contribution >= 0.6 is 23.2 Å². The van der Waals surface area contributed by atoms with Crippen LogP contribution in [0.3, 0.4) is 0 Å². The van der Waals surface area contributed by atoms with Crippen molar-refractivity contribution in [2.75, 3.05) is 6.61 Å². The molecular formula is C12H12Cl2N2O2. The van der Waals surface area contributed by atoms with Crippen LogP contribution in [0.1, 0.15) is 0 Å². The van der Waals surface area contributed by atoms with E-state index in [0.29, 0.717) is 22.3 Å². The van der Waals surface area contributed by atoms with Crippen molar-refractivity contribution in [1.29, 1.82) is 0 Å². The van der Waals surface area contributed by atoms with Crippen molar-refractivity contribution >= 4 is 23.2 Å². The minimum absolute atomic E-state index is 0.152. The number of benzene rings is 1. The molecule has 4 nitrogen and oxygen atoms in total. The predicted molar refractivity (Wildman–Crippen MR) is 70.2 cm³/mol. The Balaban J connectivity index is 1.87. The first-order valence-corrected chi connectivity index (χ1v) is 6.12. The van der Waals surface area contributed by atoms with Gasteiger partial charge in [0, 0.05) is 17.4 Å². The lowest BCUT2D eigenvalue weighted by atomic mass is 10.3. The SMILES string of the molecule is O[C@H](COc1ccc(Cl)cc1Cl)Cn1ccnc1. The van der Waals surface area contributed by atoms with Gasteiger partial charge in [0.2, 0.25) is 0 Å². The molecule has 18 heavy (non-hydrogen) atoms. The summed E-state index contributed by atoms with van der Waals surface area (Å²) < 4.78 is 7.20. The second kappa shape index (κ2) is 6.09. The Labute approximate surface area is 115 Å². The van der Waals surface area contributed by atoms with Gasteiger partial charge in [0.1, 0.15) is 18.5 Å². The molecule has 2 aromatic rings. The van der Waals surface area contributed by atoms with Crippen LogP contribution in [0.15, 0.2) is 36.9 Å². The number of aliphatic hydroxyl groups excluding tert-OH is 1. The highest BCUT2D eigenvalue weighted by Crippen LogP contribution is 2.27. The van der Waals surface area contributed by atoms with Crippen LogP contribution in [-0.2, 0) is 6.54 Å². The summed E-state index contributed by atoms with van der Waals surface area (Å²) >= 11 is 11.7. The Morgan fingerprint density at radius 2 is 2.22 bits per heavy atom. The molecule has 1 heterocycles. The van der Waals surface area contributed by atoms with E-state index in [0.717, 1.165) is 0 Å². The van der Waals surface area contributed by atoms with E-state index in [2.05, 4.69) is 4.98 Å². The third-order valence-corrected chi connectivity index (χ3v) is 2.84. The zero-order valence-corrected chi connectivity index (χ0v) is 11.0. The Morgan fingerprint density at radius 3 is 2.89 bits per heavy atom. The second-order valence-corrected chi connectivity index (χ2v) is 4.64. The van der Waals surface area contributed by atoms with Crippen LogP contribution in [-0.4, -0.2) is 27.4 Å². The van der Waals surface area contributed by atoms with E-state index in [4.69, 9.17) is 27.9 Å². The zero-order valence-electron chi connectivity index (χ0n) is 9.46. The van der Waals surface area contributed by atoms with Gasteiger partial charge in [-0.2, -0.15) is 0 Å². The van der Waals surface area contributed by atoms with Gasteiger partial charge in [0.15, 0.2) is 0 Å². The maximum atomic E-state index is 9.79. The first-order chi connectivity index (χ1) is 8.65. The maximum absolute atomic E-state index is 9.79. The molecule has 1 atom stereocenters. The largest absolute Gasteiger partial charge is 0.489 e. The third-order valence-electron chi connectivity index (χ3n) is 2.31. The van der Waals surface area contributed by atoms with Gasteiger partial charge < -0.3 is 14.4 Å². The summed E-state index contributed by atoms with van der Waals surface area (Å²) in [5.41, 5.74) is 0. The summed E-state index contributed by atoms with van der Waals surface area (Å²) in [6, 6.07) is 4.96. The van der Waals surface area contributed by atoms with Gasteiger partial charge in [0.25, 0.3) is 0 Å². The number of hydrogen-bond acceptors (Lipinski definition) is 3. The number of aliphatic hydroxyl groups is 1. The van der Waals surface area contributed by atoms with Gasteiger partial charge in [-0.3, -0.25) is 0 Å². The number of hydrogen-bond donors (Lipinski definition) is 1. The highest BCUT2D eigenvalue weighted by Gasteiger charge is 2.08. The van der Waals surface area contributed by atoms with Gasteiger partial charge in [-0.15, -0.1) is 0 Å². The molecule has 0 saturated carbocycles. The lowest BCUT2D eigenvalue weighted by molar-refractivity contribution is 0.0925. The molecule has 96 valence electrons. The number of ether oxygens (including phenoxy) is 1. The molecule has 0 unspecified atom stereocenters. The lowest BCUT2D eigenvalue weighted by Gasteiger charge is -2.13. The van der Waals surface area contributed by atoms with Gasteiger partial charge in [-0.1, -0.05) is 23.2 Å². The van der Waals surface area contributed by atoms with Gasteiger partial charge in [0.05, 0.1) is 17.9 Å². The number of rotatable bonds is 5. The van der Waals surface area contributed by atoms with Crippen molar-refractivity contribution in [2.24, 2.45) is 0 Å². The van der Waals surface area contributed by atoms with Crippen molar-refractivity contribution < 1.29 is 9.84 Å². The van der Waals surface area contributed by atoms with E-state index in [1.54, 1.807) is 41.5 Å². The zero-order chi connectivity index (χ0) is 13.0. The topological polar surface area (TPSA) is 47.3 Å². The molecule has 0 spiro atoms. The van der Waals surface area contributed by atoms with E-state index in [1.165, 1.54) is 0 Å². The summed E-state index contributed by atoms with van der Waals surface area (Å²) in [5.74, 6) is 0.505. The summed E-state index contributed by atoms with van der Waals surface area (Å²) in [6.45, 7) is 0.574. The van der Waals surface area contributed by atoms with Crippen LogP contribution in [0.2, 0.25) is 10.0 Å². The molecule has 2 rings (SSSR count). The molecule has 0 radical (unpaired) electrons. The molecule has 0 aliphatic heterocycles. The quantitative estimate of drug-likeness (QED) is 0.919. The van der Waals surface area contributed by atoms with Gasteiger partial charge in [-0.05, 0) is 18.2 Å². The molecule has 0 bridgehead atoms. The molecule has 0 aliphatic carbocycles. The Morgan fingerprint density at radius 1 is 1.39 bits per heavy atom. The average Bonchev–Trinajstić information content (AvgIpc) is 2.80. The van der Waals surface area contributed by atoms with Crippen LogP contribution in [0, 0.1) is 0 Å². The molecular weight excluding hydrogens is 275 g/mol. The van der Waals surface area contributed by atoms with E-state index in [9.17, 15) is 5.11 Å². The average molecular weight is 287 g/mol. The summed E-state index contributed by atoms with van der Waals surface area (Å²) in [5, 5.41) is 10.8. The lowest BCUT2D eigenvalue weighted by Crippen LogP contribution is -2.23. The molecule has 0 amide bonds. The normalized spacial score (nSPS) is 12.4. The second-order valence-electron chi connectivity index (χ2n) is 3.80. The van der Waals surface area contributed by atoms with E-state index in [-0.39, 0.29) is 6.61 Å². The molecule has 0 saturated heterocycles. The Kier molecular flexibility index (Phi) is 4.47. The van der Waals surface area contributed by atoms with Gasteiger partial charge in [-0.25, -0.2) is 4.98 Å². The number of aromatic nitrogens is 2. The van der Waals surface area contributed by atoms with E-state index < -0.39 is 6.10 Å². The Bertz CT molecular complexity index is 503. The molecule has 0 fully saturated rings. The number of imidazole rings is 1. The van der Waals surface area contributed by atoms with Crippen LogP contribution in [0.4, 0.5) is 0 Å². The monoisotopic (exact) mass is 286 g/mol. The minimum atomic E-state index is -0.633. The van der Waals surface area contributed by atoms with Crippen LogP contribution in [0.25, 0.3) is 0 Å². The molecule has 6 heteroatoms. The van der Waals surface area contributed by atoms with Crippen molar-refractivity contribution in [2.45, 2.75) is 12.6 Å². The highest BCUT2D eigenvalue weighted by atomic mass is 35.5. The minimum Gasteiger partial charge on any atom is -0.489 e. The van der Waals surface area contributed by atoms with Crippen molar-refractivity contribution in [3.63, 3.8) is 0 Å². The van der Waals surface area contributed by atoms with Crippen LogP contribution < -0.4 is 4.74 Å². The molecule has 1 aromatic carbocycles. The van der Waals surface area contributed by atoms with E-state index in [1.807, 2.05) is 0 Å². The summed E-state index contributed by atoms with van der Waals surface area (Å²) in [4.78, 5) is 3.89. The predicted octanol–water partition coefficient (Wildman–Crippen LogP) is 2.63. The fraction of sp³-hybridized carbons (Fsp3) is 0.250. The van der Waals surface area contributed by atoms with E-state index >= 15 is 0 Å². The van der Waals surface area contributed by atoms with Crippen molar-refractivity contribution in [1.82, 2.24) is 9.55 Å². The van der Waals surface area contributed by atoms with Gasteiger partial charge >= 0.3 is 0 Å². The highest BCUT2D eigenvalue weighted by molar-refractivity contribution is 6.35. The fourth-order valence-electron chi connectivity index (χ4n) is 1.47. The smallest absolute Gasteiger partial charge is 0.138 e. The first kappa shape index (κ1) is 13.2. The maximum Gasteiger partial charge on any atom is 0.138 e. The molecule has 1 aromatic heterocycles. The molecule has 0 aliphatic rings. The standard InChI is InChI=1S/C12H12Cl2N2O2/c13-9-1-2-12(11(14)5-9)18-7-10(17)6-16-4-3-15-8-16/h1-5,8,10,17H,6-7H2/t10-/m0/s1. The summed E-state index contributed by atoms with van der Waals surface area (Å²) in [6.07, 6.45) is 4.44. The van der Waals surface area contributed by atoms with Crippen molar-refractivity contribution in [3.8, 4) is 5.75 Å². The summed E-state index contributed by atoms with van der Waals surface area (Å²) in [7, 11) is 0. The first-order valence-electron chi connectivity index (χ1n) is 5.37. The third kappa shape index (κ3) is 3.63.